The van der Waals surface area contributed by atoms with E-state index in [-0.39, 0.29) is 11.8 Å². The van der Waals surface area contributed by atoms with Gasteiger partial charge in [-0.05, 0) is 43.4 Å². The number of rotatable bonds is 5. The molecule has 1 atom stereocenters. The van der Waals surface area contributed by atoms with Crippen molar-refractivity contribution >= 4 is 11.8 Å². The van der Waals surface area contributed by atoms with Crippen LogP contribution in [0.5, 0.6) is 0 Å². The molecule has 0 aromatic heterocycles. The molecule has 23 heavy (non-hydrogen) atoms. The van der Waals surface area contributed by atoms with E-state index < -0.39 is 0 Å². The highest BCUT2D eigenvalue weighted by Gasteiger charge is 2.22. The van der Waals surface area contributed by atoms with E-state index in [1.807, 2.05) is 24.1 Å². The van der Waals surface area contributed by atoms with E-state index in [2.05, 4.69) is 13.8 Å². The van der Waals surface area contributed by atoms with E-state index in [0.717, 1.165) is 38.9 Å². The second kappa shape index (κ2) is 8.14. The molecule has 0 spiro atoms. The summed E-state index contributed by atoms with van der Waals surface area (Å²) in [5, 5.41) is 0. The van der Waals surface area contributed by atoms with Crippen LogP contribution in [0.15, 0.2) is 24.3 Å². The molecule has 2 rings (SSSR count). The summed E-state index contributed by atoms with van der Waals surface area (Å²) >= 11 is 0. The smallest absolute Gasteiger partial charge is 0.253 e. The minimum Gasteiger partial charge on any atom is -0.342 e. The van der Waals surface area contributed by atoms with Crippen LogP contribution in [-0.2, 0) is 0 Å². The summed E-state index contributed by atoms with van der Waals surface area (Å²) in [4.78, 5) is 28.8. The third kappa shape index (κ3) is 4.57. The van der Waals surface area contributed by atoms with Gasteiger partial charge in [-0.2, -0.15) is 0 Å². The molecule has 126 valence electrons. The zero-order chi connectivity index (χ0) is 16.8. The van der Waals surface area contributed by atoms with Crippen LogP contribution in [0, 0.1) is 5.92 Å². The first kappa shape index (κ1) is 17.5. The van der Waals surface area contributed by atoms with E-state index in [0.29, 0.717) is 17.0 Å². The van der Waals surface area contributed by atoms with E-state index in [9.17, 15) is 9.59 Å². The first-order chi connectivity index (χ1) is 11.0. The largest absolute Gasteiger partial charge is 0.342 e. The van der Waals surface area contributed by atoms with E-state index >= 15 is 0 Å². The minimum atomic E-state index is -0.0138. The van der Waals surface area contributed by atoms with Gasteiger partial charge in [-0.3, -0.25) is 9.59 Å². The molecule has 1 unspecified atom stereocenters. The van der Waals surface area contributed by atoms with Gasteiger partial charge in [0.15, 0.2) is 0 Å². The maximum absolute atomic E-state index is 12.7. The molecule has 0 radical (unpaired) electrons. The number of unbranched alkanes of at least 4 members (excludes halogenated alkanes) is 1. The zero-order valence-electron chi connectivity index (χ0n) is 14.5. The van der Waals surface area contributed by atoms with E-state index in [4.69, 9.17) is 0 Å². The van der Waals surface area contributed by atoms with Gasteiger partial charge in [-0.25, -0.2) is 0 Å². The van der Waals surface area contributed by atoms with Crippen molar-refractivity contribution in [1.29, 1.82) is 0 Å². The van der Waals surface area contributed by atoms with Crippen molar-refractivity contribution in [1.82, 2.24) is 9.80 Å². The van der Waals surface area contributed by atoms with Crippen molar-refractivity contribution < 1.29 is 9.59 Å². The number of likely N-dealkylation sites (tertiary alicyclic amines) is 1. The first-order valence-corrected chi connectivity index (χ1v) is 8.67. The summed E-state index contributed by atoms with van der Waals surface area (Å²) in [6.45, 7) is 6.67. The Morgan fingerprint density at radius 2 is 2.04 bits per heavy atom. The Labute approximate surface area is 139 Å². The Hall–Kier alpha value is -1.84. The van der Waals surface area contributed by atoms with Crippen molar-refractivity contribution in [2.75, 3.05) is 26.7 Å². The minimum absolute atomic E-state index is 0.0138. The molecule has 0 N–H and O–H groups in total. The predicted molar refractivity (Wildman–Crippen MR) is 92.6 cm³/mol. The third-order valence-electron chi connectivity index (χ3n) is 4.49. The van der Waals surface area contributed by atoms with Crippen LogP contribution >= 0.6 is 0 Å². The standard InChI is InChI=1S/C19H28N2O2/c1-4-5-11-20(3)18(22)16-9-6-10-17(13-16)19(23)21-12-7-8-15(2)14-21/h6,9-10,13,15H,4-5,7-8,11-12,14H2,1-3H3. The van der Waals surface area contributed by atoms with Crippen LogP contribution in [0.2, 0.25) is 0 Å². The Morgan fingerprint density at radius 3 is 2.74 bits per heavy atom. The second-order valence-corrected chi connectivity index (χ2v) is 6.66. The number of amides is 2. The average molecular weight is 316 g/mol. The lowest BCUT2D eigenvalue weighted by atomic mass is 9.99. The number of nitrogens with zero attached hydrogens (tertiary/aromatic N) is 2. The molecule has 0 aliphatic carbocycles. The van der Waals surface area contributed by atoms with Crippen molar-refractivity contribution in [2.45, 2.75) is 39.5 Å². The van der Waals surface area contributed by atoms with Gasteiger partial charge in [-0.1, -0.05) is 26.3 Å². The Balaban J connectivity index is 2.09. The lowest BCUT2D eigenvalue weighted by molar-refractivity contribution is 0.0683. The van der Waals surface area contributed by atoms with Gasteiger partial charge < -0.3 is 9.80 Å². The van der Waals surface area contributed by atoms with Crippen molar-refractivity contribution in [2.24, 2.45) is 5.92 Å². The first-order valence-electron chi connectivity index (χ1n) is 8.67. The summed E-state index contributed by atoms with van der Waals surface area (Å²) in [5.41, 5.74) is 1.22. The molecule has 0 bridgehead atoms. The number of hydrogen-bond acceptors (Lipinski definition) is 2. The lowest BCUT2D eigenvalue weighted by Crippen LogP contribution is -2.39. The molecule has 0 saturated carbocycles. The molecule has 1 heterocycles. The molecule has 1 aliphatic rings. The third-order valence-corrected chi connectivity index (χ3v) is 4.49. The highest BCUT2D eigenvalue weighted by atomic mass is 16.2. The summed E-state index contributed by atoms with van der Waals surface area (Å²) in [5.74, 6) is 0.584. The monoisotopic (exact) mass is 316 g/mol. The maximum atomic E-state index is 12.7. The molecule has 1 fully saturated rings. The van der Waals surface area contributed by atoms with Crippen LogP contribution in [-0.4, -0.2) is 48.3 Å². The Bertz CT molecular complexity index is 556. The number of carbonyl (C=O) groups excluding carboxylic acids is 2. The maximum Gasteiger partial charge on any atom is 0.253 e. The van der Waals surface area contributed by atoms with Gasteiger partial charge in [0.1, 0.15) is 0 Å². The van der Waals surface area contributed by atoms with Crippen LogP contribution in [0.3, 0.4) is 0 Å². The number of benzene rings is 1. The van der Waals surface area contributed by atoms with Crippen LogP contribution in [0.25, 0.3) is 0 Å². The second-order valence-electron chi connectivity index (χ2n) is 6.66. The van der Waals surface area contributed by atoms with Gasteiger partial charge in [0.05, 0.1) is 0 Å². The molecule has 4 nitrogen and oxygen atoms in total. The van der Waals surface area contributed by atoms with Gasteiger partial charge in [0, 0.05) is 37.8 Å². The summed E-state index contributed by atoms with van der Waals surface area (Å²) in [7, 11) is 1.82. The van der Waals surface area contributed by atoms with Crippen molar-refractivity contribution in [3.8, 4) is 0 Å². The highest BCUT2D eigenvalue weighted by Crippen LogP contribution is 2.18. The summed E-state index contributed by atoms with van der Waals surface area (Å²) in [6, 6.07) is 7.15. The molecule has 1 aromatic rings. The molecule has 2 amide bonds. The van der Waals surface area contributed by atoms with Crippen LogP contribution in [0.4, 0.5) is 0 Å². The Kier molecular flexibility index (Phi) is 6.20. The van der Waals surface area contributed by atoms with Crippen LogP contribution in [0.1, 0.15) is 60.2 Å². The SMILES string of the molecule is CCCCN(C)C(=O)c1cccc(C(=O)N2CCCC(C)C2)c1. The van der Waals surface area contributed by atoms with E-state index in [1.165, 1.54) is 6.42 Å². The number of carbonyl (C=O) groups is 2. The molecular weight excluding hydrogens is 288 g/mol. The van der Waals surface area contributed by atoms with Crippen molar-refractivity contribution in [3.63, 3.8) is 0 Å². The lowest BCUT2D eigenvalue weighted by Gasteiger charge is -2.31. The summed E-state index contributed by atoms with van der Waals surface area (Å²) < 4.78 is 0. The zero-order valence-corrected chi connectivity index (χ0v) is 14.5. The van der Waals surface area contributed by atoms with Gasteiger partial charge in [0.2, 0.25) is 0 Å². The molecular formula is C19H28N2O2. The van der Waals surface area contributed by atoms with Gasteiger partial charge in [0.25, 0.3) is 11.8 Å². The highest BCUT2D eigenvalue weighted by molar-refractivity contribution is 5.99. The topological polar surface area (TPSA) is 40.6 Å². The Morgan fingerprint density at radius 1 is 1.30 bits per heavy atom. The number of hydrogen-bond donors (Lipinski definition) is 0. The molecule has 1 aromatic carbocycles. The van der Waals surface area contributed by atoms with E-state index in [1.54, 1.807) is 17.0 Å². The fraction of sp³-hybridized carbons (Fsp3) is 0.579. The molecule has 1 saturated heterocycles. The average Bonchev–Trinajstić information content (AvgIpc) is 2.58. The number of piperidine rings is 1. The van der Waals surface area contributed by atoms with Crippen LogP contribution < -0.4 is 0 Å². The fourth-order valence-electron chi connectivity index (χ4n) is 3.06. The predicted octanol–water partition coefficient (Wildman–Crippen LogP) is 3.43. The molecule has 4 heteroatoms. The fourth-order valence-corrected chi connectivity index (χ4v) is 3.06. The summed E-state index contributed by atoms with van der Waals surface area (Å²) in [6.07, 6.45) is 4.30. The quantitative estimate of drug-likeness (QED) is 0.835. The van der Waals surface area contributed by atoms with Crippen molar-refractivity contribution in [3.05, 3.63) is 35.4 Å². The van der Waals surface area contributed by atoms with Gasteiger partial charge >= 0.3 is 0 Å². The molecule has 1 aliphatic heterocycles. The van der Waals surface area contributed by atoms with Gasteiger partial charge in [-0.15, -0.1) is 0 Å². The normalized spacial score (nSPS) is 17.9.